The van der Waals surface area contributed by atoms with Gasteiger partial charge in [-0.2, -0.15) is 0 Å². The number of amides is 3. The first-order valence-corrected chi connectivity index (χ1v) is 8.70. The van der Waals surface area contributed by atoms with Crippen LogP contribution in [0.4, 0.5) is 16.2 Å². The maximum atomic E-state index is 12.5. The van der Waals surface area contributed by atoms with E-state index in [0.29, 0.717) is 42.6 Å². The summed E-state index contributed by atoms with van der Waals surface area (Å²) >= 11 is 5.86. The first kappa shape index (κ1) is 18.2. The molecule has 0 aromatic heterocycles. The zero-order valence-electron chi connectivity index (χ0n) is 14.4. The van der Waals surface area contributed by atoms with Gasteiger partial charge >= 0.3 is 6.03 Å². The third-order valence-corrected chi connectivity index (χ3v) is 4.45. The summed E-state index contributed by atoms with van der Waals surface area (Å²) in [4.78, 5) is 28.0. The lowest BCUT2D eigenvalue weighted by molar-refractivity contribution is 0.0564. The van der Waals surface area contributed by atoms with Crippen LogP contribution in [0.1, 0.15) is 10.4 Å². The molecule has 1 heterocycles. The van der Waals surface area contributed by atoms with Gasteiger partial charge in [0.15, 0.2) is 0 Å². The molecule has 1 aliphatic rings. The number of morpholine rings is 1. The van der Waals surface area contributed by atoms with E-state index in [2.05, 4.69) is 5.32 Å². The monoisotopic (exact) mass is 373 g/mol. The molecule has 2 aromatic carbocycles. The van der Waals surface area contributed by atoms with Crippen LogP contribution in [-0.2, 0) is 4.74 Å². The molecular weight excluding hydrogens is 354 g/mol. The van der Waals surface area contributed by atoms with Crippen LogP contribution in [0.15, 0.2) is 48.5 Å². The number of anilines is 2. The first-order valence-electron chi connectivity index (χ1n) is 8.32. The highest BCUT2D eigenvalue weighted by molar-refractivity contribution is 6.30. The van der Waals surface area contributed by atoms with Crippen molar-refractivity contribution in [3.8, 4) is 0 Å². The van der Waals surface area contributed by atoms with Crippen LogP contribution in [0.2, 0.25) is 5.02 Å². The molecule has 1 fully saturated rings. The summed E-state index contributed by atoms with van der Waals surface area (Å²) < 4.78 is 5.24. The minimum absolute atomic E-state index is 0.133. The lowest BCUT2D eigenvalue weighted by Gasteiger charge is -2.27. The Kier molecular flexibility index (Phi) is 5.75. The number of nitrogens with zero attached hydrogens (tertiary/aromatic N) is 2. The number of carbonyl (C=O) groups is 2. The van der Waals surface area contributed by atoms with Crippen LogP contribution in [0.5, 0.6) is 0 Å². The van der Waals surface area contributed by atoms with Crippen molar-refractivity contribution in [3.05, 3.63) is 59.1 Å². The average Bonchev–Trinajstić information content (AvgIpc) is 2.69. The highest BCUT2D eigenvalue weighted by Crippen LogP contribution is 2.20. The molecule has 6 nitrogen and oxygen atoms in total. The van der Waals surface area contributed by atoms with E-state index in [1.807, 2.05) is 0 Å². The van der Waals surface area contributed by atoms with Gasteiger partial charge in [0.2, 0.25) is 0 Å². The number of hydrogen-bond donors (Lipinski definition) is 1. The quantitative estimate of drug-likeness (QED) is 0.895. The molecule has 2 aromatic rings. The minimum Gasteiger partial charge on any atom is -0.378 e. The number of urea groups is 1. The van der Waals surface area contributed by atoms with Crippen molar-refractivity contribution in [1.82, 2.24) is 4.90 Å². The number of ether oxygens (including phenoxy) is 1. The zero-order valence-corrected chi connectivity index (χ0v) is 15.2. The Balaban J connectivity index is 1.63. The molecule has 0 spiro atoms. The second-order valence-corrected chi connectivity index (χ2v) is 6.38. The molecule has 7 heteroatoms. The predicted molar refractivity (Wildman–Crippen MR) is 102 cm³/mol. The number of halogens is 1. The van der Waals surface area contributed by atoms with E-state index in [1.165, 1.54) is 0 Å². The van der Waals surface area contributed by atoms with Gasteiger partial charge < -0.3 is 19.9 Å². The van der Waals surface area contributed by atoms with Gasteiger partial charge in [-0.25, -0.2) is 4.79 Å². The Morgan fingerprint density at radius 3 is 2.27 bits per heavy atom. The largest absolute Gasteiger partial charge is 0.378 e. The topological polar surface area (TPSA) is 61.9 Å². The van der Waals surface area contributed by atoms with Crippen molar-refractivity contribution in [3.63, 3.8) is 0 Å². The van der Waals surface area contributed by atoms with Crippen molar-refractivity contribution in [2.45, 2.75) is 0 Å². The number of carbonyl (C=O) groups excluding carboxylic acids is 2. The van der Waals surface area contributed by atoms with Gasteiger partial charge in [0, 0.05) is 42.1 Å². The van der Waals surface area contributed by atoms with Gasteiger partial charge in [0.05, 0.1) is 13.2 Å². The maximum Gasteiger partial charge on any atom is 0.321 e. The molecule has 136 valence electrons. The number of rotatable bonds is 3. The Morgan fingerprint density at radius 1 is 1.04 bits per heavy atom. The average molecular weight is 374 g/mol. The Labute approximate surface area is 157 Å². The maximum absolute atomic E-state index is 12.5. The van der Waals surface area contributed by atoms with Gasteiger partial charge in [0.25, 0.3) is 5.91 Å². The fourth-order valence-electron chi connectivity index (χ4n) is 2.64. The van der Waals surface area contributed by atoms with Gasteiger partial charge in [0.1, 0.15) is 0 Å². The molecule has 26 heavy (non-hydrogen) atoms. The van der Waals surface area contributed by atoms with Crippen molar-refractivity contribution in [2.75, 3.05) is 43.6 Å². The molecule has 0 radical (unpaired) electrons. The zero-order chi connectivity index (χ0) is 18.5. The van der Waals surface area contributed by atoms with Crippen LogP contribution in [0.3, 0.4) is 0 Å². The molecule has 0 saturated carbocycles. The van der Waals surface area contributed by atoms with Crippen LogP contribution >= 0.6 is 11.6 Å². The predicted octanol–water partition coefficient (Wildman–Crippen LogP) is 3.48. The highest BCUT2D eigenvalue weighted by Gasteiger charge is 2.17. The van der Waals surface area contributed by atoms with Gasteiger partial charge in [-0.1, -0.05) is 11.6 Å². The molecule has 1 saturated heterocycles. The van der Waals surface area contributed by atoms with E-state index in [1.54, 1.807) is 65.4 Å². The van der Waals surface area contributed by atoms with E-state index in [9.17, 15) is 9.59 Å². The van der Waals surface area contributed by atoms with Crippen LogP contribution in [0.25, 0.3) is 0 Å². The van der Waals surface area contributed by atoms with Crippen LogP contribution < -0.4 is 10.2 Å². The second kappa shape index (κ2) is 8.21. The summed E-state index contributed by atoms with van der Waals surface area (Å²) in [6.07, 6.45) is 0. The molecule has 1 aliphatic heterocycles. The summed E-state index contributed by atoms with van der Waals surface area (Å²) in [5.74, 6) is -0.133. The minimum atomic E-state index is -0.147. The highest BCUT2D eigenvalue weighted by atomic mass is 35.5. The van der Waals surface area contributed by atoms with E-state index in [-0.39, 0.29) is 11.9 Å². The van der Waals surface area contributed by atoms with Crippen molar-refractivity contribution < 1.29 is 14.3 Å². The third-order valence-electron chi connectivity index (χ3n) is 4.20. The standard InChI is InChI=1S/C19H20ClN3O3/c1-22(18(24)14-2-4-15(20)5-3-14)17-8-6-16(7-9-17)21-19(25)23-10-12-26-13-11-23/h2-9H,10-13H2,1H3,(H,21,25). The summed E-state index contributed by atoms with van der Waals surface area (Å²) in [5, 5.41) is 3.45. The molecule has 0 unspecified atom stereocenters. The normalized spacial score (nSPS) is 14.0. The van der Waals surface area contributed by atoms with E-state index < -0.39 is 0 Å². The molecule has 0 bridgehead atoms. The first-order chi connectivity index (χ1) is 12.5. The van der Waals surface area contributed by atoms with Crippen molar-refractivity contribution in [1.29, 1.82) is 0 Å². The van der Waals surface area contributed by atoms with Crippen molar-refractivity contribution in [2.24, 2.45) is 0 Å². The molecule has 1 N–H and O–H groups in total. The molecule has 0 aliphatic carbocycles. The van der Waals surface area contributed by atoms with E-state index in [4.69, 9.17) is 16.3 Å². The lowest BCUT2D eigenvalue weighted by atomic mass is 10.2. The van der Waals surface area contributed by atoms with Gasteiger partial charge in [-0.3, -0.25) is 4.79 Å². The third kappa shape index (κ3) is 4.33. The SMILES string of the molecule is CN(C(=O)c1ccc(Cl)cc1)c1ccc(NC(=O)N2CCOCC2)cc1. The Bertz CT molecular complexity index is 772. The fraction of sp³-hybridized carbons (Fsp3) is 0.263. The van der Waals surface area contributed by atoms with E-state index in [0.717, 1.165) is 5.69 Å². The molecule has 3 rings (SSSR count). The van der Waals surface area contributed by atoms with Gasteiger partial charge in [-0.15, -0.1) is 0 Å². The van der Waals surface area contributed by atoms with Crippen molar-refractivity contribution >= 4 is 34.9 Å². The number of benzene rings is 2. The fourth-order valence-corrected chi connectivity index (χ4v) is 2.77. The van der Waals surface area contributed by atoms with E-state index >= 15 is 0 Å². The summed E-state index contributed by atoms with van der Waals surface area (Å²) in [6, 6.07) is 13.8. The summed E-state index contributed by atoms with van der Waals surface area (Å²) in [5.41, 5.74) is 1.97. The summed E-state index contributed by atoms with van der Waals surface area (Å²) in [6.45, 7) is 2.29. The number of nitrogens with one attached hydrogen (secondary N) is 1. The van der Waals surface area contributed by atoms with Crippen LogP contribution in [-0.4, -0.2) is 50.2 Å². The molecule has 0 atom stereocenters. The van der Waals surface area contributed by atoms with Crippen LogP contribution in [0, 0.1) is 0 Å². The number of hydrogen-bond acceptors (Lipinski definition) is 3. The molecule has 3 amide bonds. The Hall–Kier alpha value is -2.57. The summed E-state index contributed by atoms with van der Waals surface area (Å²) in [7, 11) is 1.71. The lowest BCUT2D eigenvalue weighted by Crippen LogP contribution is -2.43. The molecular formula is C19H20ClN3O3. The second-order valence-electron chi connectivity index (χ2n) is 5.95. The smallest absolute Gasteiger partial charge is 0.321 e. The van der Waals surface area contributed by atoms with Gasteiger partial charge in [-0.05, 0) is 48.5 Å². The Morgan fingerprint density at radius 2 is 1.65 bits per heavy atom.